The Bertz CT molecular complexity index is 609. The number of carbonyl (C=O) groups excluding carboxylic acids is 2. The van der Waals surface area contributed by atoms with Crippen molar-refractivity contribution < 1.29 is 19.4 Å². The topological polar surface area (TPSA) is 78.9 Å². The highest BCUT2D eigenvalue weighted by atomic mass is 16.5. The first kappa shape index (κ1) is 12.7. The largest absolute Gasteiger partial charge is 0.493 e. The summed E-state index contributed by atoms with van der Waals surface area (Å²) in [6, 6.07) is 5.56. The van der Waals surface area contributed by atoms with Gasteiger partial charge >= 0.3 is 0 Å². The fraction of sp³-hybridized carbons (Fsp3) is 0.286. The van der Waals surface area contributed by atoms with Gasteiger partial charge in [-0.15, -0.1) is 0 Å². The highest BCUT2D eigenvalue weighted by Gasteiger charge is 2.31. The van der Waals surface area contributed by atoms with E-state index < -0.39 is 11.8 Å². The van der Waals surface area contributed by atoms with Crippen LogP contribution in [0.3, 0.4) is 0 Å². The van der Waals surface area contributed by atoms with Crippen LogP contribution in [0, 0.1) is 0 Å². The number of hydrogen-bond acceptors (Lipinski definition) is 5. The molecule has 0 bridgehead atoms. The maximum atomic E-state index is 12.0. The third kappa shape index (κ3) is 2.04. The van der Waals surface area contributed by atoms with E-state index in [0.29, 0.717) is 6.61 Å². The summed E-state index contributed by atoms with van der Waals surface area (Å²) in [6.45, 7) is 0.388. The van der Waals surface area contributed by atoms with Gasteiger partial charge in [-0.2, -0.15) is 0 Å². The average molecular weight is 274 g/mol. The van der Waals surface area contributed by atoms with E-state index in [2.05, 4.69) is 5.32 Å². The Hall–Kier alpha value is -2.34. The van der Waals surface area contributed by atoms with Crippen LogP contribution in [0.15, 0.2) is 30.0 Å². The first-order chi connectivity index (χ1) is 9.70. The van der Waals surface area contributed by atoms with Gasteiger partial charge in [0.25, 0.3) is 11.8 Å². The minimum Gasteiger partial charge on any atom is -0.493 e. The molecule has 2 aliphatic heterocycles. The minimum atomic E-state index is -0.416. The zero-order valence-electron chi connectivity index (χ0n) is 10.8. The number of benzene rings is 1. The fourth-order valence-electron chi connectivity index (χ4n) is 2.39. The summed E-state index contributed by atoms with van der Waals surface area (Å²) < 4.78 is 5.46. The highest BCUT2D eigenvalue weighted by molar-refractivity contribution is 6.17. The second-order valence-corrected chi connectivity index (χ2v) is 4.58. The number of rotatable bonds is 4. The molecular weight excluding hydrogens is 260 g/mol. The van der Waals surface area contributed by atoms with E-state index in [1.54, 1.807) is 0 Å². The van der Waals surface area contributed by atoms with E-state index in [1.165, 1.54) is 6.08 Å². The summed E-state index contributed by atoms with van der Waals surface area (Å²) >= 11 is 0. The average Bonchev–Trinajstić information content (AvgIpc) is 3.00. The molecule has 1 aromatic carbocycles. The van der Waals surface area contributed by atoms with Crippen molar-refractivity contribution in [2.45, 2.75) is 6.42 Å². The normalized spacial score (nSPS) is 17.1. The zero-order chi connectivity index (χ0) is 14.1. The van der Waals surface area contributed by atoms with Crippen LogP contribution < -0.4 is 10.1 Å². The van der Waals surface area contributed by atoms with Gasteiger partial charge in [0.1, 0.15) is 11.4 Å². The molecule has 1 aromatic rings. The lowest BCUT2D eigenvalue weighted by atomic mass is 10.1. The molecule has 2 heterocycles. The number of β-amino-alcohol motifs (C(OH)–C–C–N with tert-alkyl or cyclic N) is 1. The van der Waals surface area contributed by atoms with Crippen molar-refractivity contribution >= 4 is 17.5 Å². The Morgan fingerprint density at radius 2 is 2.20 bits per heavy atom. The van der Waals surface area contributed by atoms with Crippen LogP contribution in [0.25, 0.3) is 0 Å². The number of nitrogens with zero attached hydrogens (tertiary/aromatic N) is 1. The van der Waals surface area contributed by atoms with E-state index in [9.17, 15) is 9.59 Å². The lowest BCUT2D eigenvalue weighted by Gasteiger charge is -2.14. The summed E-state index contributed by atoms with van der Waals surface area (Å²) in [6.07, 6.45) is 2.03. The van der Waals surface area contributed by atoms with Gasteiger partial charge in [-0.25, -0.2) is 0 Å². The Morgan fingerprint density at radius 3 is 3.00 bits per heavy atom. The standard InChI is InChI=1S/C14H14N2O4/c17-6-5-16-13(18)8-11(14(16)19)15-10-2-1-3-12-9(10)4-7-20-12/h1-3,8,15,17H,4-7H2. The van der Waals surface area contributed by atoms with Gasteiger partial charge in [0.05, 0.1) is 19.8 Å². The molecule has 0 saturated heterocycles. The van der Waals surface area contributed by atoms with Crippen molar-refractivity contribution in [1.82, 2.24) is 4.90 Å². The summed E-state index contributed by atoms with van der Waals surface area (Å²) in [7, 11) is 0. The lowest BCUT2D eigenvalue weighted by molar-refractivity contribution is -0.137. The van der Waals surface area contributed by atoms with Crippen LogP contribution in [0.2, 0.25) is 0 Å². The van der Waals surface area contributed by atoms with Crippen LogP contribution >= 0.6 is 0 Å². The molecule has 0 unspecified atom stereocenters. The molecule has 3 rings (SSSR count). The number of aliphatic hydroxyl groups excluding tert-OH is 1. The third-order valence-electron chi connectivity index (χ3n) is 3.35. The molecule has 0 aliphatic carbocycles. The molecule has 6 heteroatoms. The number of nitrogens with one attached hydrogen (secondary N) is 1. The molecule has 2 N–H and O–H groups in total. The number of fused-ring (bicyclic) bond motifs is 1. The van der Waals surface area contributed by atoms with E-state index in [-0.39, 0.29) is 18.8 Å². The smallest absolute Gasteiger partial charge is 0.277 e. The van der Waals surface area contributed by atoms with Crippen LogP contribution in [0.4, 0.5) is 5.69 Å². The van der Waals surface area contributed by atoms with Gasteiger partial charge < -0.3 is 15.2 Å². The number of hydrogen-bond donors (Lipinski definition) is 2. The quantitative estimate of drug-likeness (QED) is 0.771. The van der Waals surface area contributed by atoms with Crippen LogP contribution in [0.1, 0.15) is 5.56 Å². The predicted molar refractivity (Wildman–Crippen MR) is 71.2 cm³/mol. The number of amides is 2. The van der Waals surface area contributed by atoms with E-state index in [4.69, 9.17) is 9.84 Å². The van der Waals surface area contributed by atoms with E-state index >= 15 is 0 Å². The monoisotopic (exact) mass is 274 g/mol. The van der Waals surface area contributed by atoms with Crippen LogP contribution in [0.5, 0.6) is 5.75 Å². The SMILES string of the molecule is O=C1C=C(Nc2cccc3c2CCO3)C(=O)N1CCO. The van der Waals surface area contributed by atoms with Gasteiger partial charge in [-0.3, -0.25) is 14.5 Å². The first-order valence-corrected chi connectivity index (χ1v) is 6.41. The molecule has 0 saturated carbocycles. The predicted octanol–water partition coefficient (Wildman–Crippen LogP) is 0.278. The second-order valence-electron chi connectivity index (χ2n) is 4.58. The second kappa shape index (κ2) is 4.97. The molecule has 2 aliphatic rings. The van der Waals surface area contributed by atoms with Crippen molar-refractivity contribution in [3.63, 3.8) is 0 Å². The van der Waals surface area contributed by atoms with Crippen molar-refractivity contribution in [1.29, 1.82) is 0 Å². The minimum absolute atomic E-state index is 0.00928. The summed E-state index contributed by atoms with van der Waals surface area (Å²) in [5, 5.41) is 11.9. The van der Waals surface area contributed by atoms with Gasteiger partial charge in [0, 0.05) is 23.7 Å². The Labute approximate surface area is 115 Å². The maximum absolute atomic E-state index is 12.0. The van der Waals surface area contributed by atoms with Crippen molar-refractivity contribution in [3.8, 4) is 5.75 Å². The fourth-order valence-corrected chi connectivity index (χ4v) is 2.39. The Morgan fingerprint density at radius 1 is 1.35 bits per heavy atom. The molecule has 0 aromatic heterocycles. The van der Waals surface area contributed by atoms with Crippen LogP contribution in [-0.2, 0) is 16.0 Å². The molecule has 20 heavy (non-hydrogen) atoms. The number of carbonyl (C=O) groups is 2. The summed E-state index contributed by atoms with van der Waals surface area (Å²) in [4.78, 5) is 24.7. The molecule has 0 fully saturated rings. The molecule has 0 atom stereocenters. The lowest BCUT2D eigenvalue weighted by Crippen LogP contribution is -2.34. The molecule has 2 amide bonds. The number of ether oxygens (including phenoxy) is 1. The third-order valence-corrected chi connectivity index (χ3v) is 3.35. The number of anilines is 1. The van der Waals surface area contributed by atoms with Gasteiger partial charge in [-0.1, -0.05) is 6.07 Å². The van der Waals surface area contributed by atoms with Crippen molar-refractivity contribution in [2.75, 3.05) is 25.1 Å². The zero-order valence-corrected chi connectivity index (χ0v) is 10.8. The maximum Gasteiger partial charge on any atom is 0.277 e. The summed E-state index contributed by atoms with van der Waals surface area (Å²) in [5.74, 6) is -0.0180. The first-order valence-electron chi connectivity index (χ1n) is 6.41. The van der Waals surface area contributed by atoms with Crippen LogP contribution in [-0.4, -0.2) is 41.6 Å². The Kier molecular flexibility index (Phi) is 3.15. The van der Waals surface area contributed by atoms with E-state index in [0.717, 1.165) is 28.3 Å². The highest BCUT2D eigenvalue weighted by Crippen LogP contribution is 2.32. The molecule has 6 nitrogen and oxygen atoms in total. The van der Waals surface area contributed by atoms with Crippen molar-refractivity contribution in [3.05, 3.63) is 35.5 Å². The van der Waals surface area contributed by atoms with Gasteiger partial charge in [0.2, 0.25) is 0 Å². The van der Waals surface area contributed by atoms with Gasteiger partial charge in [0.15, 0.2) is 0 Å². The van der Waals surface area contributed by atoms with Gasteiger partial charge in [-0.05, 0) is 12.1 Å². The number of aliphatic hydroxyl groups is 1. The summed E-state index contributed by atoms with van der Waals surface area (Å²) in [5.41, 5.74) is 2.01. The number of imide groups is 1. The molecular formula is C14H14N2O4. The molecule has 0 radical (unpaired) electrons. The molecule has 0 spiro atoms. The Balaban J connectivity index is 1.83. The van der Waals surface area contributed by atoms with E-state index in [1.807, 2.05) is 18.2 Å². The van der Waals surface area contributed by atoms with Crippen molar-refractivity contribution in [2.24, 2.45) is 0 Å². The molecule has 104 valence electrons.